The second kappa shape index (κ2) is 5.63. The third kappa shape index (κ3) is 3.42. The summed E-state index contributed by atoms with van der Waals surface area (Å²) in [4.78, 5) is 10.5. The Bertz CT molecular complexity index is 403. The maximum absolute atomic E-state index is 10.9. The fourth-order valence-electron chi connectivity index (χ4n) is 1.47. The number of ether oxygens (including phenoxy) is 1. The van der Waals surface area contributed by atoms with Crippen LogP contribution in [-0.4, -0.2) is 23.2 Å². The molecular weight excluding hydrogens is 222 g/mol. The van der Waals surface area contributed by atoms with Crippen molar-refractivity contribution in [3.05, 3.63) is 33.9 Å². The van der Waals surface area contributed by atoms with Crippen LogP contribution in [0.5, 0.6) is 5.75 Å². The predicted molar refractivity (Wildman–Crippen MR) is 64.2 cm³/mol. The van der Waals surface area contributed by atoms with E-state index in [0.717, 1.165) is 0 Å². The van der Waals surface area contributed by atoms with Crippen molar-refractivity contribution in [2.75, 3.05) is 7.11 Å². The van der Waals surface area contributed by atoms with Crippen molar-refractivity contribution >= 4 is 5.69 Å². The zero-order valence-electron chi connectivity index (χ0n) is 10.2. The summed E-state index contributed by atoms with van der Waals surface area (Å²) in [5.41, 5.74) is 0.515. The molecule has 0 saturated heterocycles. The van der Waals surface area contributed by atoms with Crippen LogP contribution in [0.3, 0.4) is 0 Å². The summed E-state index contributed by atoms with van der Waals surface area (Å²) in [5.74, 6) is 0.510. The first-order chi connectivity index (χ1) is 7.95. The summed E-state index contributed by atoms with van der Waals surface area (Å²) >= 11 is 0. The zero-order chi connectivity index (χ0) is 13.0. The molecule has 0 fully saturated rings. The molecule has 1 aromatic carbocycles. The highest BCUT2D eigenvalue weighted by atomic mass is 16.6. The maximum atomic E-state index is 10.9. The summed E-state index contributed by atoms with van der Waals surface area (Å²) in [5, 5.41) is 20.7. The van der Waals surface area contributed by atoms with Gasteiger partial charge in [0.25, 0.3) is 5.69 Å². The molecule has 0 aromatic heterocycles. The van der Waals surface area contributed by atoms with Crippen LogP contribution in [0, 0.1) is 16.0 Å². The van der Waals surface area contributed by atoms with E-state index in [4.69, 9.17) is 4.74 Å². The summed E-state index contributed by atoms with van der Waals surface area (Å²) in [6.07, 6.45) is -0.306. The molecule has 1 atom stereocenters. The third-order valence-electron chi connectivity index (χ3n) is 2.69. The lowest BCUT2D eigenvalue weighted by Crippen LogP contribution is -2.18. The van der Waals surface area contributed by atoms with Crippen LogP contribution in [0.2, 0.25) is 0 Å². The molecule has 5 heteroatoms. The van der Waals surface area contributed by atoms with E-state index in [9.17, 15) is 15.2 Å². The van der Waals surface area contributed by atoms with E-state index < -0.39 is 11.0 Å². The van der Waals surface area contributed by atoms with Gasteiger partial charge in [-0.25, -0.2) is 0 Å². The fraction of sp³-hybridized carbons (Fsp3) is 0.500. The van der Waals surface area contributed by atoms with Gasteiger partial charge in [0.2, 0.25) is 0 Å². The van der Waals surface area contributed by atoms with Gasteiger partial charge in [-0.1, -0.05) is 13.8 Å². The number of aliphatic hydroxyl groups is 1. The van der Waals surface area contributed by atoms with E-state index in [1.165, 1.54) is 13.2 Å². The monoisotopic (exact) mass is 239 g/mol. The van der Waals surface area contributed by atoms with Gasteiger partial charge in [0.1, 0.15) is 5.75 Å². The van der Waals surface area contributed by atoms with E-state index in [2.05, 4.69) is 0 Å². The van der Waals surface area contributed by atoms with E-state index in [1.54, 1.807) is 12.1 Å². The molecule has 0 spiro atoms. The van der Waals surface area contributed by atoms with Gasteiger partial charge < -0.3 is 9.84 Å². The van der Waals surface area contributed by atoms with E-state index in [0.29, 0.717) is 11.3 Å². The second-order valence-corrected chi connectivity index (χ2v) is 4.27. The summed E-state index contributed by atoms with van der Waals surface area (Å²) in [6.45, 7) is 3.75. The topological polar surface area (TPSA) is 72.6 Å². The van der Waals surface area contributed by atoms with E-state index >= 15 is 0 Å². The molecule has 1 unspecified atom stereocenters. The normalized spacial score (nSPS) is 12.5. The lowest BCUT2D eigenvalue weighted by molar-refractivity contribution is -0.385. The molecule has 0 aliphatic carbocycles. The highest BCUT2D eigenvalue weighted by molar-refractivity contribution is 5.46. The number of hydrogen-bond acceptors (Lipinski definition) is 4. The van der Waals surface area contributed by atoms with Crippen molar-refractivity contribution in [2.24, 2.45) is 5.92 Å². The van der Waals surface area contributed by atoms with Gasteiger partial charge in [-0.3, -0.25) is 10.1 Å². The van der Waals surface area contributed by atoms with Crippen LogP contribution in [0.25, 0.3) is 0 Å². The van der Waals surface area contributed by atoms with E-state index in [-0.39, 0.29) is 18.0 Å². The Labute approximate surface area is 100 Å². The SMILES string of the molecule is COc1ccc(CC(O)C(C)C)c([N+](=O)[O-])c1. The number of methoxy groups -OCH3 is 1. The van der Waals surface area contributed by atoms with Crippen molar-refractivity contribution in [1.82, 2.24) is 0 Å². The average Bonchev–Trinajstić information content (AvgIpc) is 2.29. The minimum atomic E-state index is -0.581. The number of nitro benzene ring substituents is 1. The van der Waals surface area contributed by atoms with Crippen LogP contribution in [0.15, 0.2) is 18.2 Å². The smallest absolute Gasteiger partial charge is 0.276 e. The Hall–Kier alpha value is -1.62. The molecule has 0 aliphatic rings. The lowest BCUT2D eigenvalue weighted by Gasteiger charge is -2.14. The third-order valence-corrected chi connectivity index (χ3v) is 2.69. The van der Waals surface area contributed by atoms with Crippen LogP contribution in [-0.2, 0) is 6.42 Å². The minimum Gasteiger partial charge on any atom is -0.497 e. The summed E-state index contributed by atoms with van der Waals surface area (Å²) < 4.78 is 4.95. The Kier molecular flexibility index (Phi) is 4.45. The number of benzene rings is 1. The van der Waals surface area contributed by atoms with Crippen LogP contribution in [0.1, 0.15) is 19.4 Å². The Balaban J connectivity index is 3.02. The quantitative estimate of drug-likeness (QED) is 0.631. The Morgan fingerprint density at radius 3 is 2.59 bits per heavy atom. The van der Waals surface area contributed by atoms with Crippen LogP contribution < -0.4 is 4.74 Å². The van der Waals surface area contributed by atoms with Crippen molar-refractivity contribution < 1.29 is 14.8 Å². The van der Waals surface area contributed by atoms with Gasteiger partial charge in [-0.2, -0.15) is 0 Å². The van der Waals surface area contributed by atoms with E-state index in [1.807, 2.05) is 13.8 Å². The molecule has 94 valence electrons. The molecule has 0 heterocycles. The molecule has 1 N–H and O–H groups in total. The minimum absolute atomic E-state index is 0.0101. The van der Waals surface area contributed by atoms with Crippen LogP contribution >= 0.6 is 0 Å². The molecule has 1 aromatic rings. The molecular formula is C12H17NO4. The average molecular weight is 239 g/mol. The fourth-order valence-corrected chi connectivity index (χ4v) is 1.47. The molecule has 0 bridgehead atoms. The van der Waals surface area contributed by atoms with Gasteiger partial charge in [0.15, 0.2) is 0 Å². The molecule has 0 amide bonds. The molecule has 0 radical (unpaired) electrons. The highest BCUT2D eigenvalue weighted by Gasteiger charge is 2.19. The zero-order valence-corrected chi connectivity index (χ0v) is 10.2. The van der Waals surface area contributed by atoms with Gasteiger partial charge in [0, 0.05) is 12.0 Å². The first kappa shape index (κ1) is 13.4. The lowest BCUT2D eigenvalue weighted by atomic mass is 9.98. The second-order valence-electron chi connectivity index (χ2n) is 4.27. The van der Waals surface area contributed by atoms with Crippen molar-refractivity contribution in [3.8, 4) is 5.75 Å². The number of rotatable bonds is 5. The number of nitrogens with zero attached hydrogens (tertiary/aromatic N) is 1. The summed E-state index contributed by atoms with van der Waals surface area (Å²) in [6, 6.07) is 4.67. The van der Waals surface area contributed by atoms with Gasteiger partial charge >= 0.3 is 0 Å². The maximum Gasteiger partial charge on any atom is 0.276 e. The van der Waals surface area contributed by atoms with Gasteiger partial charge in [0.05, 0.1) is 24.2 Å². The van der Waals surface area contributed by atoms with Crippen LogP contribution in [0.4, 0.5) is 5.69 Å². The Morgan fingerprint density at radius 1 is 1.47 bits per heavy atom. The standard InChI is InChI=1S/C12H17NO4/c1-8(2)12(14)6-9-4-5-10(17-3)7-11(9)13(15)16/h4-5,7-8,12,14H,6H2,1-3H3. The molecule has 17 heavy (non-hydrogen) atoms. The summed E-state index contributed by atoms with van der Waals surface area (Å²) in [7, 11) is 1.46. The number of aliphatic hydroxyl groups excluding tert-OH is 1. The molecule has 5 nitrogen and oxygen atoms in total. The number of nitro groups is 1. The number of hydrogen-bond donors (Lipinski definition) is 1. The highest BCUT2D eigenvalue weighted by Crippen LogP contribution is 2.26. The van der Waals surface area contributed by atoms with Crippen molar-refractivity contribution in [2.45, 2.75) is 26.4 Å². The van der Waals surface area contributed by atoms with Crippen molar-refractivity contribution in [3.63, 3.8) is 0 Å². The largest absolute Gasteiger partial charge is 0.497 e. The molecule has 0 saturated carbocycles. The predicted octanol–water partition coefficient (Wildman–Crippen LogP) is 2.16. The molecule has 0 aliphatic heterocycles. The van der Waals surface area contributed by atoms with Gasteiger partial charge in [-0.15, -0.1) is 0 Å². The van der Waals surface area contributed by atoms with Crippen molar-refractivity contribution in [1.29, 1.82) is 0 Å². The first-order valence-corrected chi connectivity index (χ1v) is 5.45. The molecule has 1 rings (SSSR count). The first-order valence-electron chi connectivity index (χ1n) is 5.45. The Morgan fingerprint density at radius 2 is 2.12 bits per heavy atom. The van der Waals surface area contributed by atoms with Gasteiger partial charge in [-0.05, 0) is 18.1 Å².